The Balaban J connectivity index is 1.91. The molecule has 0 amide bonds. The first kappa shape index (κ1) is 15.1. The molecule has 0 spiro atoms. The molecule has 22 heavy (non-hydrogen) atoms. The Morgan fingerprint density at radius 1 is 1.05 bits per heavy atom. The minimum atomic E-state index is 0.0636. The highest BCUT2D eigenvalue weighted by atomic mass is 35.5. The maximum absolute atomic E-state index is 12.6. The second-order valence-corrected chi connectivity index (χ2v) is 6.05. The van der Waals surface area contributed by atoms with Gasteiger partial charge < -0.3 is 4.42 Å². The SMILES string of the molecule is O=C1/C(=C/c2ccco2)CCC/C1=C\c1ccc(Cl)cc1Cl. The van der Waals surface area contributed by atoms with Crippen LogP contribution in [0.3, 0.4) is 0 Å². The molecule has 0 unspecified atom stereocenters. The monoisotopic (exact) mass is 332 g/mol. The van der Waals surface area contributed by atoms with Crippen LogP contribution in [-0.2, 0) is 4.79 Å². The molecule has 2 nitrogen and oxygen atoms in total. The van der Waals surface area contributed by atoms with Gasteiger partial charge in [-0.1, -0.05) is 29.3 Å². The number of hydrogen-bond donors (Lipinski definition) is 0. The van der Waals surface area contributed by atoms with E-state index in [0.29, 0.717) is 15.8 Å². The first-order valence-corrected chi connectivity index (χ1v) is 7.83. The Morgan fingerprint density at radius 3 is 2.50 bits per heavy atom. The molecule has 1 aromatic carbocycles. The van der Waals surface area contributed by atoms with Crippen molar-refractivity contribution < 1.29 is 9.21 Å². The normalized spacial score (nSPS) is 19.1. The van der Waals surface area contributed by atoms with Gasteiger partial charge in [-0.3, -0.25) is 4.79 Å². The molecule has 3 rings (SSSR count). The van der Waals surface area contributed by atoms with E-state index >= 15 is 0 Å². The Labute approximate surface area is 139 Å². The average Bonchev–Trinajstić information content (AvgIpc) is 2.99. The third-order valence-electron chi connectivity index (χ3n) is 3.63. The molecule has 1 aliphatic carbocycles. The van der Waals surface area contributed by atoms with Crippen LogP contribution in [0.4, 0.5) is 0 Å². The lowest BCUT2D eigenvalue weighted by molar-refractivity contribution is -0.112. The van der Waals surface area contributed by atoms with Crippen LogP contribution >= 0.6 is 23.2 Å². The van der Waals surface area contributed by atoms with Crippen LogP contribution in [0.25, 0.3) is 12.2 Å². The summed E-state index contributed by atoms with van der Waals surface area (Å²) in [6.45, 7) is 0. The van der Waals surface area contributed by atoms with Crippen molar-refractivity contribution in [1.29, 1.82) is 0 Å². The molecule has 1 aliphatic rings. The first-order valence-electron chi connectivity index (χ1n) is 7.08. The molecule has 4 heteroatoms. The molecule has 1 aromatic heterocycles. The predicted octanol–water partition coefficient (Wildman–Crippen LogP) is 5.81. The van der Waals surface area contributed by atoms with Crippen LogP contribution in [0.2, 0.25) is 10.0 Å². The van der Waals surface area contributed by atoms with Crippen LogP contribution in [-0.4, -0.2) is 5.78 Å². The number of carbonyl (C=O) groups is 1. The standard InChI is InChI=1S/C18H14Cl2O2/c19-15-7-6-12(17(20)11-15)9-13-3-1-4-14(18(13)21)10-16-5-2-8-22-16/h2,5-11H,1,3-4H2/b13-9+,14-10+. The average molecular weight is 333 g/mol. The molecule has 1 saturated carbocycles. The van der Waals surface area contributed by atoms with E-state index in [2.05, 4.69) is 0 Å². The smallest absolute Gasteiger partial charge is 0.185 e. The van der Waals surface area contributed by atoms with Crippen LogP contribution in [0.1, 0.15) is 30.6 Å². The zero-order chi connectivity index (χ0) is 15.5. The van der Waals surface area contributed by atoms with Gasteiger partial charge in [0.2, 0.25) is 0 Å². The lowest BCUT2D eigenvalue weighted by Gasteiger charge is -2.16. The van der Waals surface area contributed by atoms with Crippen molar-refractivity contribution >= 4 is 41.1 Å². The van der Waals surface area contributed by atoms with Gasteiger partial charge in [0, 0.05) is 21.2 Å². The van der Waals surface area contributed by atoms with Gasteiger partial charge >= 0.3 is 0 Å². The largest absolute Gasteiger partial charge is 0.465 e. The van der Waals surface area contributed by atoms with E-state index in [0.717, 1.165) is 36.0 Å². The summed E-state index contributed by atoms with van der Waals surface area (Å²) in [5.41, 5.74) is 2.36. The highest BCUT2D eigenvalue weighted by molar-refractivity contribution is 6.35. The highest BCUT2D eigenvalue weighted by Gasteiger charge is 2.21. The summed E-state index contributed by atoms with van der Waals surface area (Å²) in [5.74, 6) is 0.766. The van der Waals surface area contributed by atoms with Crippen LogP contribution in [0.5, 0.6) is 0 Å². The molecule has 0 atom stereocenters. The zero-order valence-corrected chi connectivity index (χ0v) is 13.3. The minimum Gasteiger partial charge on any atom is -0.465 e. The van der Waals surface area contributed by atoms with Crippen LogP contribution in [0, 0.1) is 0 Å². The summed E-state index contributed by atoms with van der Waals surface area (Å²) in [7, 11) is 0. The number of hydrogen-bond acceptors (Lipinski definition) is 2. The molecule has 0 N–H and O–H groups in total. The van der Waals surface area contributed by atoms with Gasteiger partial charge in [0.1, 0.15) is 5.76 Å². The number of halogens is 2. The number of carbonyl (C=O) groups excluding carboxylic acids is 1. The second kappa shape index (κ2) is 6.55. The lowest BCUT2D eigenvalue weighted by Crippen LogP contribution is -2.12. The van der Waals surface area contributed by atoms with Gasteiger partial charge in [-0.25, -0.2) is 0 Å². The van der Waals surface area contributed by atoms with Gasteiger partial charge in [0.15, 0.2) is 5.78 Å². The van der Waals surface area contributed by atoms with Gasteiger partial charge in [-0.15, -0.1) is 0 Å². The van der Waals surface area contributed by atoms with Crippen LogP contribution < -0.4 is 0 Å². The minimum absolute atomic E-state index is 0.0636. The Kier molecular flexibility index (Phi) is 4.51. The third-order valence-corrected chi connectivity index (χ3v) is 4.19. The topological polar surface area (TPSA) is 30.2 Å². The second-order valence-electron chi connectivity index (χ2n) is 5.20. The molecular formula is C18H14Cl2O2. The number of Topliss-reactive ketones (excluding diaryl/α,β-unsaturated/α-hetero) is 1. The molecular weight excluding hydrogens is 319 g/mol. The van der Waals surface area contributed by atoms with Crippen molar-refractivity contribution in [2.45, 2.75) is 19.3 Å². The van der Waals surface area contributed by atoms with Crippen molar-refractivity contribution in [3.05, 3.63) is 69.1 Å². The van der Waals surface area contributed by atoms with E-state index in [1.54, 1.807) is 18.4 Å². The van der Waals surface area contributed by atoms with Gasteiger partial charge in [0.25, 0.3) is 0 Å². The number of benzene rings is 1. The molecule has 112 valence electrons. The molecule has 1 heterocycles. The van der Waals surface area contributed by atoms with Crippen molar-refractivity contribution in [2.24, 2.45) is 0 Å². The summed E-state index contributed by atoms with van der Waals surface area (Å²) in [5, 5.41) is 1.13. The fourth-order valence-electron chi connectivity index (χ4n) is 2.53. The number of allylic oxidation sites excluding steroid dienone is 2. The van der Waals surface area contributed by atoms with Crippen molar-refractivity contribution in [3.63, 3.8) is 0 Å². The summed E-state index contributed by atoms with van der Waals surface area (Å²) in [6.07, 6.45) is 7.74. The van der Waals surface area contributed by atoms with E-state index in [9.17, 15) is 4.79 Å². The molecule has 1 fully saturated rings. The Bertz CT molecular complexity index is 755. The van der Waals surface area contributed by atoms with E-state index in [-0.39, 0.29) is 5.78 Å². The summed E-state index contributed by atoms with van der Waals surface area (Å²) >= 11 is 12.1. The molecule has 0 radical (unpaired) electrons. The fourth-order valence-corrected chi connectivity index (χ4v) is 2.99. The van der Waals surface area contributed by atoms with E-state index in [1.807, 2.05) is 30.4 Å². The fraction of sp³-hybridized carbons (Fsp3) is 0.167. The van der Waals surface area contributed by atoms with Crippen LogP contribution in [0.15, 0.2) is 52.2 Å². The van der Waals surface area contributed by atoms with Crippen molar-refractivity contribution in [2.75, 3.05) is 0 Å². The van der Waals surface area contributed by atoms with Gasteiger partial charge in [0.05, 0.1) is 6.26 Å². The number of rotatable bonds is 2. The van der Waals surface area contributed by atoms with E-state index in [4.69, 9.17) is 27.6 Å². The number of furan rings is 1. The molecule has 0 saturated heterocycles. The maximum Gasteiger partial charge on any atom is 0.185 e. The van der Waals surface area contributed by atoms with E-state index in [1.165, 1.54) is 0 Å². The Morgan fingerprint density at radius 2 is 1.82 bits per heavy atom. The summed E-state index contributed by atoms with van der Waals surface area (Å²) < 4.78 is 5.29. The lowest BCUT2D eigenvalue weighted by atomic mass is 9.87. The van der Waals surface area contributed by atoms with Crippen molar-refractivity contribution in [3.8, 4) is 0 Å². The molecule has 2 aromatic rings. The van der Waals surface area contributed by atoms with Crippen molar-refractivity contribution in [1.82, 2.24) is 0 Å². The molecule has 0 aliphatic heterocycles. The van der Waals surface area contributed by atoms with E-state index < -0.39 is 0 Å². The van der Waals surface area contributed by atoms with Gasteiger partial charge in [-0.05, 0) is 61.2 Å². The Hall–Kier alpha value is -1.77. The third kappa shape index (κ3) is 3.34. The quantitative estimate of drug-likeness (QED) is 0.650. The van der Waals surface area contributed by atoms with Gasteiger partial charge in [-0.2, -0.15) is 0 Å². The zero-order valence-electron chi connectivity index (χ0n) is 11.8. The summed E-state index contributed by atoms with van der Waals surface area (Å²) in [6, 6.07) is 8.93. The molecule has 0 bridgehead atoms. The summed E-state index contributed by atoms with van der Waals surface area (Å²) in [4.78, 5) is 12.6. The number of ketones is 1. The predicted molar refractivity (Wildman–Crippen MR) is 90.0 cm³/mol. The first-order chi connectivity index (χ1) is 10.6. The highest BCUT2D eigenvalue weighted by Crippen LogP contribution is 2.30. The maximum atomic E-state index is 12.6.